The Kier molecular flexibility index (Phi) is 5.14. The molecule has 132 valence electrons. The molecule has 0 bridgehead atoms. The molecule has 7 nitrogen and oxygen atoms in total. The molecule has 2 heterocycles. The highest BCUT2D eigenvalue weighted by Crippen LogP contribution is 2.25. The Morgan fingerprint density at radius 3 is 2.76 bits per heavy atom. The number of ether oxygens (including phenoxy) is 1. The van der Waals surface area contributed by atoms with Crippen molar-refractivity contribution in [2.24, 2.45) is 7.05 Å². The molecule has 0 saturated carbocycles. The van der Waals surface area contributed by atoms with Crippen molar-refractivity contribution in [3.63, 3.8) is 0 Å². The number of aromatic nitrogens is 4. The number of fused-ring (bicyclic) bond motifs is 1. The number of hydrogen-bond acceptors (Lipinski definition) is 6. The van der Waals surface area contributed by atoms with E-state index in [1.165, 1.54) is 11.1 Å². The van der Waals surface area contributed by atoms with Crippen LogP contribution in [0.15, 0.2) is 24.4 Å². The van der Waals surface area contributed by atoms with Crippen LogP contribution in [-0.2, 0) is 11.8 Å². The van der Waals surface area contributed by atoms with Crippen LogP contribution in [0, 0.1) is 13.8 Å². The van der Waals surface area contributed by atoms with Gasteiger partial charge in [-0.25, -0.2) is 0 Å². The van der Waals surface area contributed by atoms with E-state index >= 15 is 0 Å². The van der Waals surface area contributed by atoms with E-state index in [-0.39, 0.29) is 0 Å². The zero-order chi connectivity index (χ0) is 17.8. The second-order valence-corrected chi connectivity index (χ2v) is 6.10. The second kappa shape index (κ2) is 7.48. The summed E-state index contributed by atoms with van der Waals surface area (Å²) in [6.45, 7) is 5.66. The number of nitrogens with one attached hydrogen (secondary N) is 2. The van der Waals surface area contributed by atoms with E-state index in [1.807, 2.05) is 7.05 Å². The van der Waals surface area contributed by atoms with Crippen LogP contribution in [0.3, 0.4) is 0 Å². The van der Waals surface area contributed by atoms with Crippen molar-refractivity contribution in [1.82, 2.24) is 19.7 Å². The van der Waals surface area contributed by atoms with Crippen molar-refractivity contribution in [3.05, 3.63) is 35.5 Å². The molecule has 0 aliphatic heterocycles. The van der Waals surface area contributed by atoms with Gasteiger partial charge in [0.25, 0.3) is 0 Å². The van der Waals surface area contributed by atoms with Crippen molar-refractivity contribution in [2.75, 3.05) is 30.9 Å². The predicted molar refractivity (Wildman–Crippen MR) is 100 cm³/mol. The van der Waals surface area contributed by atoms with Gasteiger partial charge in [0.15, 0.2) is 5.65 Å². The largest absolute Gasteiger partial charge is 0.385 e. The molecule has 7 heteroatoms. The van der Waals surface area contributed by atoms with Gasteiger partial charge in [-0.05, 0) is 43.5 Å². The SMILES string of the molecule is COCCCNc1nc(Nc2ccc(C)c(C)c2)c2cnn(C)c2n1. The molecule has 25 heavy (non-hydrogen) atoms. The first-order valence-electron chi connectivity index (χ1n) is 8.35. The standard InChI is InChI=1S/C18H24N6O/c1-12-6-7-14(10-13(12)2)21-16-15-11-20-24(3)17(15)23-18(22-16)19-8-5-9-25-4/h6-7,10-11H,5,8-9H2,1-4H3,(H2,19,21,22,23). The van der Waals surface area contributed by atoms with Crippen molar-refractivity contribution in [3.8, 4) is 0 Å². The van der Waals surface area contributed by atoms with Crippen molar-refractivity contribution in [1.29, 1.82) is 0 Å². The van der Waals surface area contributed by atoms with Crippen molar-refractivity contribution >= 4 is 28.5 Å². The van der Waals surface area contributed by atoms with Crippen LogP contribution >= 0.6 is 0 Å². The Labute approximate surface area is 147 Å². The Morgan fingerprint density at radius 2 is 2.00 bits per heavy atom. The summed E-state index contributed by atoms with van der Waals surface area (Å²) in [7, 11) is 3.58. The van der Waals surface area contributed by atoms with E-state index in [1.54, 1.807) is 18.0 Å². The lowest BCUT2D eigenvalue weighted by molar-refractivity contribution is 0.197. The number of nitrogens with zero attached hydrogens (tertiary/aromatic N) is 4. The first kappa shape index (κ1) is 17.2. The van der Waals surface area contributed by atoms with E-state index in [4.69, 9.17) is 4.74 Å². The van der Waals surface area contributed by atoms with Gasteiger partial charge < -0.3 is 15.4 Å². The van der Waals surface area contributed by atoms with Crippen LogP contribution in [-0.4, -0.2) is 40.0 Å². The van der Waals surface area contributed by atoms with Crippen LogP contribution < -0.4 is 10.6 Å². The highest BCUT2D eigenvalue weighted by atomic mass is 16.5. The normalized spacial score (nSPS) is 11.0. The molecular formula is C18H24N6O. The second-order valence-electron chi connectivity index (χ2n) is 6.10. The summed E-state index contributed by atoms with van der Waals surface area (Å²) < 4.78 is 6.83. The Bertz CT molecular complexity index is 873. The minimum atomic E-state index is 0.582. The van der Waals surface area contributed by atoms with Crippen molar-refractivity contribution in [2.45, 2.75) is 20.3 Å². The molecule has 0 radical (unpaired) electrons. The van der Waals surface area contributed by atoms with Crippen molar-refractivity contribution < 1.29 is 4.74 Å². The molecular weight excluding hydrogens is 316 g/mol. The zero-order valence-electron chi connectivity index (χ0n) is 15.1. The Hall–Kier alpha value is -2.67. The number of methoxy groups -OCH3 is 1. The molecule has 3 rings (SSSR count). The van der Waals surface area contributed by atoms with E-state index in [2.05, 4.69) is 57.7 Å². The van der Waals surface area contributed by atoms with Gasteiger partial charge in [-0.2, -0.15) is 15.1 Å². The zero-order valence-corrected chi connectivity index (χ0v) is 15.1. The number of aryl methyl sites for hydroxylation is 3. The molecule has 0 atom stereocenters. The topological polar surface area (TPSA) is 76.9 Å². The minimum Gasteiger partial charge on any atom is -0.385 e. The highest BCUT2D eigenvalue weighted by Gasteiger charge is 2.12. The summed E-state index contributed by atoms with van der Waals surface area (Å²) in [6, 6.07) is 6.27. The summed E-state index contributed by atoms with van der Waals surface area (Å²) in [5.41, 5.74) is 4.28. The number of benzene rings is 1. The number of rotatable bonds is 7. The molecule has 0 fully saturated rings. The number of hydrogen-bond donors (Lipinski definition) is 2. The summed E-state index contributed by atoms with van der Waals surface area (Å²) in [5, 5.41) is 11.9. The summed E-state index contributed by atoms with van der Waals surface area (Å²) in [4.78, 5) is 9.20. The average Bonchev–Trinajstić information content (AvgIpc) is 2.97. The molecule has 0 aliphatic carbocycles. The average molecular weight is 340 g/mol. The third-order valence-corrected chi connectivity index (χ3v) is 4.17. The molecule has 0 amide bonds. The first-order valence-corrected chi connectivity index (χ1v) is 8.35. The van der Waals surface area contributed by atoms with Gasteiger partial charge in [0.1, 0.15) is 5.82 Å². The van der Waals surface area contributed by atoms with E-state index < -0.39 is 0 Å². The molecule has 3 aromatic rings. The maximum Gasteiger partial charge on any atom is 0.226 e. The van der Waals surface area contributed by atoms with E-state index in [9.17, 15) is 0 Å². The molecule has 1 aromatic carbocycles. The molecule has 0 spiro atoms. The van der Waals surface area contributed by atoms with Gasteiger partial charge in [-0.1, -0.05) is 6.07 Å². The molecule has 0 saturated heterocycles. The van der Waals surface area contributed by atoms with Crippen LogP contribution in [0.5, 0.6) is 0 Å². The smallest absolute Gasteiger partial charge is 0.226 e. The molecule has 0 unspecified atom stereocenters. The van der Waals surface area contributed by atoms with Gasteiger partial charge in [-0.3, -0.25) is 4.68 Å². The van der Waals surface area contributed by atoms with Gasteiger partial charge >= 0.3 is 0 Å². The highest BCUT2D eigenvalue weighted by molar-refractivity contribution is 5.89. The van der Waals surface area contributed by atoms with Gasteiger partial charge in [0.2, 0.25) is 5.95 Å². The lowest BCUT2D eigenvalue weighted by Crippen LogP contribution is -2.09. The fourth-order valence-electron chi connectivity index (χ4n) is 2.57. The molecule has 2 aromatic heterocycles. The first-order chi connectivity index (χ1) is 12.1. The molecule has 0 aliphatic rings. The Morgan fingerprint density at radius 1 is 1.16 bits per heavy atom. The van der Waals surface area contributed by atoms with Crippen LogP contribution in [0.4, 0.5) is 17.5 Å². The van der Waals surface area contributed by atoms with Gasteiger partial charge in [0, 0.05) is 33.0 Å². The van der Waals surface area contributed by atoms with Crippen LogP contribution in [0.2, 0.25) is 0 Å². The lowest BCUT2D eigenvalue weighted by atomic mass is 10.1. The lowest BCUT2D eigenvalue weighted by Gasteiger charge is -2.11. The summed E-state index contributed by atoms with van der Waals surface area (Å²) in [5.74, 6) is 1.33. The van der Waals surface area contributed by atoms with Crippen LogP contribution in [0.25, 0.3) is 11.0 Å². The van der Waals surface area contributed by atoms with E-state index in [0.717, 1.165) is 35.5 Å². The molecule has 2 N–H and O–H groups in total. The van der Waals surface area contributed by atoms with Gasteiger partial charge in [0.05, 0.1) is 11.6 Å². The summed E-state index contributed by atoms with van der Waals surface area (Å²) >= 11 is 0. The maximum absolute atomic E-state index is 5.07. The monoisotopic (exact) mass is 340 g/mol. The quantitative estimate of drug-likeness (QED) is 0.643. The third-order valence-electron chi connectivity index (χ3n) is 4.17. The summed E-state index contributed by atoms with van der Waals surface area (Å²) in [6.07, 6.45) is 2.68. The maximum atomic E-state index is 5.07. The van der Waals surface area contributed by atoms with Gasteiger partial charge in [-0.15, -0.1) is 0 Å². The third kappa shape index (κ3) is 3.88. The fraction of sp³-hybridized carbons (Fsp3) is 0.389. The predicted octanol–water partition coefficient (Wildman–Crippen LogP) is 3.17. The van der Waals surface area contributed by atoms with Crippen LogP contribution in [0.1, 0.15) is 17.5 Å². The number of anilines is 3. The van der Waals surface area contributed by atoms with E-state index in [0.29, 0.717) is 12.6 Å². The Balaban J connectivity index is 1.90. The minimum absolute atomic E-state index is 0.582. The fourth-order valence-corrected chi connectivity index (χ4v) is 2.57.